The van der Waals surface area contributed by atoms with Crippen molar-refractivity contribution in [2.24, 2.45) is 0 Å². The van der Waals surface area contributed by atoms with E-state index in [9.17, 15) is 20.5 Å². The smallest absolute Gasteiger partial charge is 0.167 e. The average molecular weight is 397 g/mol. The summed E-state index contributed by atoms with van der Waals surface area (Å²) >= 11 is 0. The number of fused-ring (bicyclic) bond motifs is 1. The van der Waals surface area contributed by atoms with Crippen molar-refractivity contribution >= 4 is 16.9 Å². The maximum atomic E-state index is 10.8. The zero-order valence-corrected chi connectivity index (χ0v) is 15.4. The largest absolute Gasteiger partial charge is 0.394 e. The highest BCUT2D eigenvalue weighted by atomic mass is 16.6. The van der Waals surface area contributed by atoms with E-state index in [1.165, 1.54) is 17.8 Å². The molecular weight excluding hydrogens is 378 g/mol. The fraction of sp³-hybridized carbons (Fsp3) is 0.316. The molecule has 4 atom stereocenters. The summed E-state index contributed by atoms with van der Waals surface area (Å²) in [6.07, 6.45) is 1.11. The summed E-state index contributed by atoms with van der Waals surface area (Å²) in [5.41, 5.74) is 1.63. The van der Waals surface area contributed by atoms with Crippen LogP contribution in [-0.4, -0.2) is 64.5 Å². The Balaban J connectivity index is 1.88. The van der Waals surface area contributed by atoms with Crippen molar-refractivity contribution in [3.63, 3.8) is 0 Å². The van der Waals surface area contributed by atoms with Gasteiger partial charge < -0.3 is 24.6 Å². The molecule has 0 aliphatic carbocycles. The van der Waals surface area contributed by atoms with Gasteiger partial charge in [-0.1, -0.05) is 12.0 Å². The maximum absolute atomic E-state index is 10.8. The van der Waals surface area contributed by atoms with Gasteiger partial charge in [0.25, 0.3) is 0 Å². The Hall–Kier alpha value is -3.07. The summed E-state index contributed by atoms with van der Waals surface area (Å²) in [6, 6.07) is 5.34. The summed E-state index contributed by atoms with van der Waals surface area (Å²) < 4.78 is 7.19. The van der Waals surface area contributed by atoms with Crippen LogP contribution in [0, 0.1) is 11.8 Å². The Bertz CT molecular complexity index is 1090. The number of aliphatic hydroxyl groups excluding tert-OH is 2. The second-order valence-corrected chi connectivity index (χ2v) is 6.83. The molecule has 1 saturated heterocycles. The van der Waals surface area contributed by atoms with E-state index in [4.69, 9.17) is 4.74 Å². The van der Waals surface area contributed by atoms with Crippen molar-refractivity contribution in [3.8, 4) is 11.8 Å². The van der Waals surface area contributed by atoms with Crippen LogP contribution in [0.15, 0.2) is 36.9 Å². The van der Waals surface area contributed by atoms with Gasteiger partial charge in [0.1, 0.15) is 35.5 Å². The van der Waals surface area contributed by atoms with Gasteiger partial charge in [0.05, 0.1) is 17.6 Å². The maximum Gasteiger partial charge on any atom is 0.167 e. The molecule has 5 N–H and O–H groups in total. The summed E-state index contributed by atoms with van der Waals surface area (Å²) in [4.78, 5) is 12.4. The molecule has 29 heavy (non-hydrogen) atoms. The van der Waals surface area contributed by atoms with Crippen LogP contribution >= 0.6 is 0 Å². The van der Waals surface area contributed by atoms with E-state index in [1.807, 2.05) is 11.5 Å². The lowest BCUT2D eigenvalue weighted by atomic mass is 9.96. The Morgan fingerprint density at radius 1 is 1.28 bits per heavy atom. The second kappa shape index (κ2) is 7.40. The number of ether oxygens (including phenoxy) is 1. The van der Waals surface area contributed by atoms with Crippen LogP contribution < -0.4 is 5.48 Å². The molecule has 4 heterocycles. The third kappa shape index (κ3) is 3.21. The van der Waals surface area contributed by atoms with Crippen molar-refractivity contribution in [2.75, 3.05) is 12.1 Å². The zero-order valence-electron chi connectivity index (χ0n) is 15.4. The summed E-state index contributed by atoms with van der Waals surface area (Å²) in [7, 11) is 0. The number of aromatic nitrogens is 4. The van der Waals surface area contributed by atoms with E-state index in [0.29, 0.717) is 22.3 Å². The summed E-state index contributed by atoms with van der Waals surface area (Å²) in [5, 5.41) is 40.5. The predicted octanol–water partition coefficient (Wildman–Crippen LogP) is 0.0288. The molecule has 0 radical (unpaired) electrons. The van der Waals surface area contributed by atoms with Gasteiger partial charge in [0, 0.05) is 12.4 Å². The van der Waals surface area contributed by atoms with Gasteiger partial charge in [-0.2, -0.15) is 0 Å². The van der Waals surface area contributed by atoms with Crippen molar-refractivity contribution in [1.82, 2.24) is 19.5 Å². The Morgan fingerprint density at radius 3 is 2.76 bits per heavy atom. The van der Waals surface area contributed by atoms with E-state index in [0.717, 1.165) is 0 Å². The van der Waals surface area contributed by atoms with Gasteiger partial charge in [-0.3, -0.25) is 10.7 Å². The lowest BCUT2D eigenvalue weighted by Crippen LogP contribution is -2.44. The third-order valence-electron chi connectivity index (χ3n) is 4.89. The standard InChI is InChI=1S/C19H19N5O5/c1-19(27)15(26)13(9-25)29-18(19)24-8-11(5-6-12-4-2-3-7-20-12)14-16(23-28)21-10-22-17(14)24/h2-4,7-8,10,13,15,18,25-28H,9H2,1H3,(H,21,22,23)/t13?,15?,18?,19-/m1/s1. The monoisotopic (exact) mass is 397 g/mol. The van der Waals surface area contributed by atoms with Crippen LogP contribution in [0.1, 0.15) is 24.4 Å². The molecule has 1 aliphatic heterocycles. The quantitative estimate of drug-likeness (QED) is 0.305. The fourth-order valence-corrected chi connectivity index (χ4v) is 3.40. The molecule has 4 rings (SSSR count). The van der Waals surface area contributed by atoms with Crippen LogP contribution in [0.5, 0.6) is 0 Å². The fourth-order valence-electron chi connectivity index (χ4n) is 3.40. The molecule has 1 aliphatic rings. The molecule has 150 valence electrons. The first-order chi connectivity index (χ1) is 14.0. The zero-order chi connectivity index (χ0) is 20.6. The van der Waals surface area contributed by atoms with Gasteiger partial charge in [-0.15, -0.1) is 0 Å². The van der Waals surface area contributed by atoms with E-state index in [2.05, 4.69) is 26.8 Å². The first kappa shape index (κ1) is 19.3. The molecule has 3 aromatic heterocycles. The van der Waals surface area contributed by atoms with Crippen molar-refractivity contribution in [3.05, 3.63) is 48.2 Å². The van der Waals surface area contributed by atoms with Crippen molar-refractivity contribution in [2.45, 2.75) is 31.0 Å². The second-order valence-electron chi connectivity index (χ2n) is 6.83. The molecular formula is C19H19N5O5. The molecule has 10 nitrogen and oxygen atoms in total. The molecule has 0 saturated carbocycles. The lowest BCUT2D eigenvalue weighted by Gasteiger charge is -2.27. The number of hydrogen-bond donors (Lipinski definition) is 5. The lowest BCUT2D eigenvalue weighted by molar-refractivity contribution is -0.0948. The number of aliphatic hydroxyl groups is 3. The Morgan fingerprint density at radius 2 is 2.10 bits per heavy atom. The molecule has 0 amide bonds. The number of nitrogens with zero attached hydrogens (tertiary/aromatic N) is 4. The molecule has 0 bridgehead atoms. The minimum atomic E-state index is -1.71. The van der Waals surface area contributed by atoms with Crippen LogP contribution in [0.25, 0.3) is 11.0 Å². The molecule has 0 aromatic carbocycles. The van der Waals surface area contributed by atoms with Crippen LogP contribution in [0.2, 0.25) is 0 Å². The highest BCUT2D eigenvalue weighted by Gasteiger charge is 2.53. The summed E-state index contributed by atoms with van der Waals surface area (Å²) in [6.45, 7) is 0.952. The average Bonchev–Trinajstić information content (AvgIpc) is 3.21. The minimum Gasteiger partial charge on any atom is -0.394 e. The first-order valence-corrected chi connectivity index (χ1v) is 8.82. The Kier molecular flexibility index (Phi) is 4.91. The number of pyridine rings is 1. The van der Waals surface area contributed by atoms with E-state index >= 15 is 0 Å². The van der Waals surface area contributed by atoms with Gasteiger partial charge in [-0.05, 0) is 25.0 Å². The number of hydrogen-bond acceptors (Lipinski definition) is 9. The normalized spacial score (nSPS) is 26.3. The van der Waals surface area contributed by atoms with Crippen LogP contribution in [0.3, 0.4) is 0 Å². The molecule has 3 aromatic rings. The molecule has 10 heteroatoms. The SMILES string of the molecule is C[C@@]1(O)C(O)C(CO)OC1n1cc(C#Cc2ccccn2)c2c(NO)ncnc21. The van der Waals surface area contributed by atoms with Crippen molar-refractivity contribution in [1.29, 1.82) is 0 Å². The molecule has 0 spiro atoms. The number of rotatable bonds is 3. The number of anilines is 1. The first-order valence-electron chi connectivity index (χ1n) is 8.82. The highest BCUT2D eigenvalue weighted by molar-refractivity contribution is 5.93. The van der Waals surface area contributed by atoms with E-state index in [1.54, 1.807) is 24.5 Å². The van der Waals surface area contributed by atoms with E-state index < -0.39 is 30.6 Å². The minimum absolute atomic E-state index is 0.121. The highest BCUT2D eigenvalue weighted by Crippen LogP contribution is 2.40. The Labute approximate surface area is 165 Å². The van der Waals surface area contributed by atoms with Crippen LogP contribution in [-0.2, 0) is 4.74 Å². The van der Waals surface area contributed by atoms with Gasteiger partial charge in [0.15, 0.2) is 12.0 Å². The van der Waals surface area contributed by atoms with Gasteiger partial charge in [0.2, 0.25) is 0 Å². The topological polar surface area (TPSA) is 146 Å². The van der Waals surface area contributed by atoms with Gasteiger partial charge in [-0.25, -0.2) is 15.0 Å². The number of nitrogens with one attached hydrogen (secondary N) is 1. The van der Waals surface area contributed by atoms with E-state index in [-0.39, 0.29) is 5.82 Å². The van der Waals surface area contributed by atoms with Gasteiger partial charge >= 0.3 is 0 Å². The summed E-state index contributed by atoms with van der Waals surface area (Å²) in [5.74, 6) is 6.02. The third-order valence-corrected chi connectivity index (χ3v) is 4.89. The van der Waals surface area contributed by atoms with Crippen molar-refractivity contribution < 1.29 is 25.3 Å². The molecule has 3 unspecified atom stereocenters. The molecule has 1 fully saturated rings. The van der Waals surface area contributed by atoms with Crippen LogP contribution in [0.4, 0.5) is 5.82 Å². The predicted molar refractivity (Wildman–Crippen MR) is 101 cm³/mol.